The molecular formula is C18H15N3O4S2. The summed E-state index contributed by atoms with van der Waals surface area (Å²) < 4.78 is 5.19. The van der Waals surface area contributed by atoms with E-state index in [4.69, 9.17) is 10.5 Å². The highest BCUT2D eigenvalue weighted by Crippen LogP contribution is 2.28. The largest absolute Gasteiger partial charge is 0.448 e. The topological polar surface area (TPSA) is 111 Å². The third-order valence-corrected chi connectivity index (χ3v) is 5.42. The normalized spacial score (nSPS) is 11.6. The molecule has 0 unspecified atom stereocenters. The Labute approximate surface area is 162 Å². The van der Waals surface area contributed by atoms with Crippen molar-refractivity contribution in [1.29, 1.82) is 0 Å². The number of hydrogen-bond acceptors (Lipinski definition) is 7. The maximum atomic E-state index is 12.2. The van der Waals surface area contributed by atoms with Gasteiger partial charge in [-0.15, -0.1) is 22.7 Å². The Balaban J connectivity index is 1.59. The molecule has 3 rings (SSSR count). The van der Waals surface area contributed by atoms with Crippen molar-refractivity contribution in [2.24, 2.45) is 5.73 Å². The highest BCUT2D eigenvalue weighted by Gasteiger charge is 2.21. The maximum absolute atomic E-state index is 12.2. The fourth-order valence-corrected chi connectivity index (χ4v) is 3.72. The molecule has 3 aromatic rings. The van der Waals surface area contributed by atoms with Gasteiger partial charge in [0.1, 0.15) is 5.01 Å². The first-order chi connectivity index (χ1) is 12.9. The molecule has 1 aromatic carbocycles. The molecule has 0 saturated carbocycles. The smallest absolute Gasteiger partial charge is 0.358 e. The molecule has 0 aliphatic rings. The zero-order valence-electron chi connectivity index (χ0n) is 14.2. The lowest BCUT2D eigenvalue weighted by Crippen LogP contribution is -2.30. The lowest BCUT2D eigenvalue weighted by molar-refractivity contribution is -0.123. The molecule has 7 nitrogen and oxygen atoms in total. The highest BCUT2D eigenvalue weighted by atomic mass is 32.1. The molecular weight excluding hydrogens is 386 g/mol. The highest BCUT2D eigenvalue weighted by molar-refractivity contribution is 7.20. The van der Waals surface area contributed by atoms with Crippen LogP contribution < -0.4 is 11.1 Å². The van der Waals surface area contributed by atoms with E-state index in [1.807, 2.05) is 17.5 Å². The molecule has 1 atom stereocenters. The fourth-order valence-electron chi connectivity index (χ4n) is 2.12. The number of thiazole rings is 1. The number of aromatic nitrogens is 1. The molecule has 138 valence electrons. The van der Waals surface area contributed by atoms with Crippen LogP contribution in [0.3, 0.4) is 0 Å². The lowest BCUT2D eigenvalue weighted by atomic mass is 10.2. The van der Waals surface area contributed by atoms with E-state index in [1.165, 1.54) is 41.7 Å². The number of primary amides is 1. The van der Waals surface area contributed by atoms with Crippen molar-refractivity contribution < 1.29 is 19.1 Å². The van der Waals surface area contributed by atoms with Crippen molar-refractivity contribution in [2.75, 3.05) is 5.32 Å². The van der Waals surface area contributed by atoms with Crippen molar-refractivity contribution in [3.63, 3.8) is 0 Å². The molecule has 0 aliphatic carbocycles. The minimum Gasteiger partial charge on any atom is -0.448 e. The number of anilines is 1. The minimum absolute atomic E-state index is 0.161. The zero-order chi connectivity index (χ0) is 19.4. The van der Waals surface area contributed by atoms with Gasteiger partial charge in [-0.1, -0.05) is 6.07 Å². The third kappa shape index (κ3) is 4.57. The van der Waals surface area contributed by atoms with Crippen LogP contribution >= 0.6 is 22.7 Å². The SMILES string of the molecule is C[C@H](OC(=O)c1csc(-c2cccs2)n1)C(=O)Nc1ccc(C(N)=O)cc1. The second-order valence-electron chi connectivity index (χ2n) is 5.49. The van der Waals surface area contributed by atoms with E-state index in [9.17, 15) is 14.4 Å². The van der Waals surface area contributed by atoms with Gasteiger partial charge in [-0.2, -0.15) is 0 Å². The van der Waals surface area contributed by atoms with Gasteiger partial charge in [-0.05, 0) is 42.6 Å². The van der Waals surface area contributed by atoms with Gasteiger partial charge < -0.3 is 15.8 Å². The number of nitrogens with one attached hydrogen (secondary N) is 1. The number of carbonyl (C=O) groups is 3. The quantitative estimate of drug-likeness (QED) is 0.616. The van der Waals surface area contributed by atoms with Crippen LogP contribution in [0.5, 0.6) is 0 Å². The van der Waals surface area contributed by atoms with Gasteiger partial charge in [0, 0.05) is 16.6 Å². The van der Waals surface area contributed by atoms with Crippen LogP contribution in [0.15, 0.2) is 47.2 Å². The zero-order valence-corrected chi connectivity index (χ0v) is 15.8. The number of esters is 1. The number of thiophene rings is 1. The summed E-state index contributed by atoms with van der Waals surface area (Å²) in [5.74, 6) is -1.72. The summed E-state index contributed by atoms with van der Waals surface area (Å²) in [6.45, 7) is 1.47. The van der Waals surface area contributed by atoms with Crippen LogP contribution in [0.25, 0.3) is 9.88 Å². The number of nitrogens with two attached hydrogens (primary N) is 1. The molecule has 0 aliphatic heterocycles. The number of hydrogen-bond donors (Lipinski definition) is 2. The predicted octanol–water partition coefficient (Wildman–Crippen LogP) is 3.15. The van der Waals surface area contributed by atoms with Gasteiger partial charge in [0.2, 0.25) is 5.91 Å². The van der Waals surface area contributed by atoms with E-state index >= 15 is 0 Å². The second-order valence-corrected chi connectivity index (χ2v) is 7.30. The van der Waals surface area contributed by atoms with Crippen molar-refractivity contribution in [3.05, 3.63) is 58.4 Å². The van der Waals surface area contributed by atoms with Gasteiger partial charge in [-0.25, -0.2) is 9.78 Å². The molecule has 3 N–H and O–H groups in total. The second kappa shape index (κ2) is 8.11. The Kier molecular flexibility index (Phi) is 5.63. The summed E-state index contributed by atoms with van der Waals surface area (Å²) in [5, 5.41) is 6.86. The standard InChI is InChI=1S/C18H15N3O4S2/c1-10(16(23)20-12-6-4-11(5-7-12)15(19)22)25-18(24)13-9-27-17(21-13)14-3-2-8-26-14/h2-10H,1H3,(H2,19,22)(H,20,23)/t10-/m0/s1. The average Bonchev–Trinajstić information content (AvgIpc) is 3.33. The first-order valence-electron chi connectivity index (χ1n) is 7.85. The van der Waals surface area contributed by atoms with Crippen molar-refractivity contribution in [2.45, 2.75) is 13.0 Å². The van der Waals surface area contributed by atoms with Crippen LogP contribution in [-0.4, -0.2) is 28.9 Å². The van der Waals surface area contributed by atoms with E-state index < -0.39 is 23.9 Å². The van der Waals surface area contributed by atoms with Crippen LogP contribution in [0.2, 0.25) is 0 Å². The number of benzene rings is 1. The Morgan fingerprint density at radius 3 is 2.52 bits per heavy atom. The summed E-state index contributed by atoms with van der Waals surface area (Å²) in [6.07, 6.45) is -1.01. The summed E-state index contributed by atoms with van der Waals surface area (Å²) >= 11 is 2.86. The van der Waals surface area contributed by atoms with Crippen molar-refractivity contribution in [3.8, 4) is 9.88 Å². The molecule has 9 heteroatoms. The average molecular weight is 401 g/mol. The molecule has 2 heterocycles. The van der Waals surface area contributed by atoms with E-state index in [-0.39, 0.29) is 5.69 Å². The van der Waals surface area contributed by atoms with Gasteiger partial charge >= 0.3 is 5.97 Å². The first-order valence-corrected chi connectivity index (χ1v) is 9.61. The lowest BCUT2D eigenvalue weighted by Gasteiger charge is -2.13. The Hall–Kier alpha value is -3.04. The molecule has 2 aromatic heterocycles. The Morgan fingerprint density at radius 2 is 1.89 bits per heavy atom. The summed E-state index contributed by atoms with van der Waals surface area (Å²) in [6, 6.07) is 9.90. The molecule has 0 radical (unpaired) electrons. The first kappa shape index (κ1) is 18.7. The number of amides is 2. The fraction of sp³-hybridized carbons (Fsp3) is 0.111. The monoisotopic (exact) mass is 401 g/mol. The predicted molar refractivity (Wildman–Crippen MR) is 104 cm³/mol. The van der Waals surface area contributed by atoms with Gasteiger partial charge in [0.15, 0.2) is 11.8 Å². The maximum Gasteiger partial charge on any atom is 0.358 e. The van der Waals surface area contributed by atoms with Crippen LogP contribution in [0.1, 0.15) is 27.8 Å². The third-order valence-electron chi connectivity index (χ3n) is 3.54. The molecule has 0 fully saturated rings. The van der Waals surface area contributed by atoms with E-state index in [0.29, 0.717) is 11.3 Å². The van der Waals surface area contributed by atoms with Gasteiger partial charge in [-0.3, -0.25) is 9.59 Å². The minimum atomic E-state index is -1.01. The van der Waals surface area contributed by atoms with E-state index in [1.54, 1.807) is 17.5 Å². The van der Waals surface area contributed by atoms with Gasteiger partial charge in [0.05, 0.1) is 4.88 Å². The Morgan fingerprint density at radius 1 is 1.15 bits per heavy atom. The molecule has 0 spiro atoms. The molecule has 27 heavy (non-hydrogen) atoms. The number of carbonyl (C=O) groups excluding carboxylic acids is 3. The number of nitrogens with zero attached hydrogens (tertiary/aromatic N) is 1. The summed E-state index contributed by atoms with van der Waals surface area (Å²) in [5.41, 5.74) is 6.12. The van der Waals surface area contributed by atoms with Crippen LogP contribution in [0, 0.1) is 0 Å². The van der Waals surface area contributed by atoms with E-state index in [0.717, 1.165) is 9.88 Å². The molecule has 2 amide bonds. The van der Waals surface area contributed by atoms with Crippen molar-refractivity contribution in [1.82, 2.24) is 4.98 Å². The summed E-state index contributed by atoms with van der Waals surface area (Å²) in [7, 11) is 0. The number of rotatable bonds is 6. The van der Waals surface area contributed by atoms with Gasteiger partial charge in [0.25, 0.3) is 5.91 Å². The Bertz CT molecular complexity index is 965. The summed E-state index contributed by atoms with van der Waals surface area (Å²) in [4.78, 5) is 40.7. The van der Waals surface area contributed by atoms with Crippen LogP contribution in [0.4, 0.5) is 5.69 Å². The van der Waals surface area contributed by atoms with Crippen molar-refractivity contribution >= 4 is 46.1 Å². The number of ether oxygens (including phenoxy) is 1. The van der Waals surface area contributed by atoms with E-state index in [2.05, 4.69) is 10.3 Å². The molecule has 0 bridgehead atoms. The van der Waals surface area contributed by atoms with Crippen LogP contribution in [-0.2, 0) is 9.53 Å². The molecule has 0 saturated heterocycles.